The molecule has 0 radical (unpaired) electrons. The zero-order valence-corrected chi connectivity index (χ0v) is 15.6. The van der Waals surface area contributed by atoms with Gasteiger partial charge in [0, 0.05) is 34.9 Å². The van der Waals surface area contributed by atoms with Gasteiger partial charge in [-0.15, -0.1) is 0 Å². The van der Waals surface area contributed by atoms with Crippen molar-refractivity contribution in [3.8, 4) is 5.75 Å². The smallest absolute Gasteiger partial charge is 0.214 e. The molecule has 140 valence electrons. The Morgan fingerprint density at radius 1 is 1.26 bits per heavy atom. The molecule has 5 heteroatoms. The highest BCUT2D eigenvalue weighted by Gasteiger charge is 2.20. The number of ether oxygens (including phenoxy) is 1. The van der Waals surface area contributed by atoms with E-state index in [2.05, 4.69) is 17.1 Å². The molecular weight excluding hydrogens is 338 g/mol. The topological polar surface area (TPSA) is 71.3 Å². The van der Waals surface area contributed by atoms with E-state index >= 15 is 0 Å². The summed E-state index contributed by atoms with van der Waals surface area (Å²) in [7, 11) is 1.66. The SMILES string of the molecule is COc1ccc(CCN(C=O)c2ccc3[nH]c4c(c3c2)CC(N)CC4)cc1. The minimum Gasteiger partial charge on any atom is -0.497 e. The van der Waals surface area contributed by atoms with Crippen molar-refractivity contribution in [2.45, 2.75) is 31.7 Å². The van der Waals surface area contributed by atoms with E-state index in [0.717, 1.165) is 49.0 Å². The quantitative estimate of drug-likeness (QED) is 0.661. The predicted octanol–water partition coefficient (Wildman–Crippen LogP) is 3.20. The van der Waals surface area contributed by atoms with Gasteiger partial charge in [-0.2, -0.15) is 0 Å². The van der Waals surface area contributed by atoms with Crippen LogP contribution in [-0.4, -0.2) is 31.1 Å². The van der Waals surface area contributed by atoms with Gasteiger partial charge in [-0.1, -0.05) is 12.1 Å². The van der Waals surface area contributed by atoms with Crippen LogP contribution >= 0.6 is 0 Å². The molecule has 5 nitrogen and oxygen atoms in total. The molecule has 1 aromatic heterocycles. The molecule has 1 atom stereocenters. The third-order valence-electron chi connectivity index (χ3n) is 5.47. The Balaban J connectivity index is 1.55. The van der Waals surface area contributed by atoms with Gasteiger partial charge in [-0.3, -0.25) is 4.79 Å². The third-order valence-corrected chi connectivity index (χ3v) is 5.47. The number of fused-ring (bicyclic) bond motifs is 3. The molecule has 0 saturated carbocycles. The van der Waals surface area contributed by atoms with Crippen molar-refractivity contribution in [1.29, 1.82) is 0 Å². The molecule has 1 aliphatic carbocycles. The lowest BCUT2D eigenvalue weighted by molar-refractivity contribution is -0.107. The number of anilines is 1. The van der Waals surface area contributed by atoms with E-state index in [9.17, 15) is 4.79 Å². The number of carbonyl (C=O) groups excluding carboxylic acids is 1. The fraction of sp³-hybridized carbons (Fsp3) is 0.318. The molecule has 3 N–H and O–H groups in total. The van der Waals surface area contributed by atoms with Crippen LogP contribution in [0.5, 0.6) is 5.75 Å². The molecule has 27 heavy (non-hydrogen) atoms. The van der Waals surface area contributed by atoms with E-state index < -0.39 is 0 Å². The number of hydrogen-bond acceptors (Lipinski definition) is 3. The Morgan fingerprint density at radius 2 is 2.07 bits per heavy atom. The van der Waals surface area contributed by atoms with Crippen LogP contribution in [0.1, 0.15) is 23.2 Å². The van der Waals surface area contributed by atoms with Crippen molar-refractivity contribution in [2.75, 3.05) is 18.6 Å². The normalized spacial score (nSPS) is 16.1. The maximum absolute atomic E-state index is 11.7. The van der Waals surface area contributed by atoms with Crippen molar-refractivity contribution in [3.05, 3.63) is 59.3 Å². The van der Waals surface area contributed by atoms with Gasteiger partial charge in [-0.05, 0) is 67.1 Å². The summed E-state index contributed by atoms with van der Waals surface area (Å²) in [5, 5.41) is 1.19. The fourth-order valence-electron chi connectivity index (χ4n) is 3.90. The van der Waals surface area contributed by atoms with Crippen LogP contribution in [0.2, 0.25) is 0 Å². The number of aromatic nitrogens is 1. The van der Waals surface area contributed by atoms with Crippen LogP contribution in [0.15, 0.2) is 42.5 Å². The van der Waals surface area contributed by atoms with Crippen LogP contribution in [0.3, 0.4) is 0 Å². The van der Waals surface area contributed by atoms with Crippen molar-refractivity contribution in [1.82, 2.24) is 4.98 Å². The number of methoxy groups -OCH3 is 1. The van der Waals surface area contributed by atoms with Gasteiger partial charge in [-0.25, -0.2) is 0 Å². The number of aromatic amines is 1. The highest BCUT2D eigenvalue weighted by Crippen LogP contribution is 2.31. The zero-order chi connectivity index (χ0) is 18.8. The number of nitrogens with one attached hydrogen (secondary N) is 1. The minimum atomic E-state index is 0.220. The Bertz CT molecular complexity index is 946. The van der Waals surface area contributed by atoms with Crippen LogP contribution in [0.4, 0.5) is 5.69 Å². The van der Waals surface area contributed by atoms with Crippen molar-refractivity contribution < 1.29 is 9.53 Å². The first-order valence-corrected chi connectivity index (χ1v) is 9.42. The second-order valence-corrected chi connectivity index (χ2v) is 7.21. The van der Waals surface area contributed by atoms with Gasteiger partial charge in [0.15, 0.2) is 0 Å². The maximum atomic E-state index is 11.7. The number of nitrogens with two attached hydrogens (primary N) is 1. The number of benzene rings is 2. The van der Waals surface area contributed by atoms with E-state index in [-0.39, 0.29) is 6.04 Å². The lowest BCUT2D eigenvalue weighted by atomic mass is 9.92. The molecule has 1 aliphatic rings. The van der Waals surface area contributed by atoms with E-state index in [1.54, 1.807) is 12.0 Å². The molecule has 0 saturated heterocycles. The molecule has 4 rings (SSSR count). The van der Waals surface area contributed by atoms with Crippen LogP contribution in [0, 0.1) is 0 Å². The fourth-order valence-corrected chi connectivity index (χ4v) is 3.90. The summed E-state index contributed by atoms with van der Waals surface area (Å²) in [6.45, 7) is 0.632. The van der Waals surface area contributed by atoms with Crippen LogP contribution < -0.4 is 15.4 Å². The molecule has 1 unspecified atom stereocenters. The number of carbonyl (C=O) groups is 1. The van der Waals surface area contributed by atoms with Gasteiger partial charge in [0.05, 0.1) is 7.11 Å². The molecule has 3 aromatic rings. The third kappa shape index (κ3) is 3.55. The van der Waals surface area contributed by atoms with Gasteiger partial charge >= 0.3 is 0 Å². The second kappa shape index (κ2) is 7.45. The first-order valence-electron chi connectivity index (χ1n) is 9.42. The van der Waals surface area contributed by atoms with E-state index in [0.29, 0.717) is 6.54 Å². The maximum Gasteiger partial charge on any atom is 0.214 e. The van der Waals surface area contributed by atoms with E-state index in [4.69, 9.17) is 10.5 Å². The number of H-pyrrole nitrogens is 1. The van der Waals surface area contributed by atoms with E-state index in [1.807, 2.05) is 30.3 Å². The Hall–Kier alpha value is -2.79. The summed E-state index contributed by atoms with van der Waals surface area (Å²) in [6, 6.07) is 14.4. The summed E-state index contributed by atoms with van der Waals surface area (Å²) in [4.78, 5) is 17.0. The minimum absolute atomic E-state index is 0.220. The summed E-state index contributed by atoms with van der Waals surface area (Å²) in [5.74, 6) is 0.840. The average Bonchev–Trinajstić information content (AvgIpc) is 3.06. The van der Waals surface area contributed by atoms with Crippen molar-refractivity contribution >= 4 is 23.0 Å². The second-order valence-electron chi connectivity index (χ2n) is 7.21. The Morgan fingerprint density at radius 3 is 2.81 bits per heavy atom. The molecule has 0 spiro atoms. The molecule has 1 heterocycles. The van der Waals surface area contributed by atoms with E-state index in [1.165, 1.54) is 22.2 Å². The predicted molar refractivity (Wildman–Crippen MR) is 108 cm³/mol. The zero-order valence-electron chi connectivity index (χ0n) is 15.6. The van der Waals surface area contributed by atoms with Gasteiger partial charge < -0.3 is 20.4 Å². The molecule has 0 aliphatic heterocycles. The average molecular weight is 363 g/mol. The van der Waals surface area contributed by atoms with Crippen molar-refractivity contribution in [2.24, 2.45) is 5.73 Å². The lowest BCUT2D eigenvalue weighted by Gasteiger charge is -2.19. The number of rotatable bonds is 6. The van der Waals surface area contributed by atoms with Crippen molar-refractivity contribution in [3.63, 3.8) is 0 Å². The van der Waals surface area contributed by atoms with Gasteiger partial charge in [0.25, 0.3) is 0 Å². The largest absolute Gasteiger partial charge is 0.497 e. The molecule has 0 bridgehead atoms. The first kappa shape index (κ1) is 17.6. The highest BCUT2D eigenvalue weighted by atomic mass is 16.5. The molecule has 1 amide bonds. The summed E-state index contributed by atoms with van der Waals surface area (Å²) in [5.41, 5.74) is 12.0. The number of amides is 1. The standard InChI is InChI=1S/C22H25N3O2/c1-27-18-6-2-15(3-7-18)10-11-25(14-26)17-5-9-22-20(13-17)19-12-16(23)4-8-21(19)24-22/h2-3,5-7,9,13-14,16,24H,4,8,10-12,23H2,1H3. The lowest BCUT2D eigenvalue weighted by Crippen LogP contribution is -2.27. The molecular formula is C22H25N3O2. The summed E-state index contributed by atoms with van der Waals surface area (Å²) >= 11 is 0. The van der Waals surface area contributed by atoms with Crippen LogP contribution in [-0.2, 0) is 24.1 Å². The summed E-state index contributed by atoms with van der Waals surface area (Å²) < 4.78 is 5.19. The number of hydrogen-bond donors (Lipinski definition) is 2. The van der Waals surface area contributed by atoms with Crippen LogP contribution in [0.25, 0.3) is 10.9 Å². The first-order chi connectivity index (χ1) is 13.2. The number of nitrogens with zero attached hydrogens (tertiary/aromatic N) is 1. The molecule has 2 aromatic carbocycles. The highest BCUT2D eigenvalue weighted by molar-refractivity contribution is 5.90. The van der Waals surface area contributed by atoms with Gasteiger partial charge in [0.1, 0.15) is 5.75 Å². The Labute approximate surface area is 159 Å². The van der Waals surface area contributed by atoms with Gasteiger partial charge in [0.2, 0.25) is 6.41 Å². The monoisotopic (exact) mass is 363 g/mol. The molecule has 0 fully saturated rings. The number of aryl methyl sites for hydroxylation is 1. The summed E-state index contributed by atoms with van der Waals surface area (Å²) in [6.07, 6.45) is 4.61. The Kier molecular flexibility index (Phi) is 4.86.